The first-order valence-electron chi connectivity index (χ1n) is 6.42. The third-order valence-corrected chi connectivity index (χ3v) is 4.13. The van der Waals surface area contributed by atoms with Crippen molar-refractivity contribution in [3.8, 4) is 0 Å². The van der Waals surface area contributed by atoms with Crippen LogP contribution < -0.4 is 0 Å². The maximum Gasteiger partial charge on any atom is 0.169 e. The van der Waals surface area contributed by atoms with Gasteiger partial charge in [-0.05, 0) is 25.7 Å². The van der Waals surface area contributed by atoms with Gasteiger partial charge in [0.15, 0.2) is 5.79 Å². The lowest BCUT2D eigenvalue weighted by Crippen LogP contribution is -2.27. The summed E-state index contributed by atoms with van der Waals surface area (Å²) in [5, 5.41) is 0. The summed E-state index contributed by atoms with van der Waals surface area (Å²) in [5.74, 6) is 1.33. The van der Waals surface area contributed by atoms with Gasteiger partial charge in [-0.15, -0.1) is 0 Å². The fourth-order valence-corrected chi connectivity index (χ4v) is 3.19. The monoisotopic (exact) mass is 212 g/mol. The van der Waals surface area contributed by atoms with Crippen LogP contribution in [0.15, 0.2) is 0 Å². The highest BCUT2D eigenvalue weighted by atomic mass is 16.8. The maximum absolute atomic E-state index is 6.05. The number of hydrogen-bond acceptors (Lipinski definition) is 2. The van der Waals surface area contributed by atoms with E-state index in [1.807, 2.05) is 0 Å². The van der Waals surface area contributed by atoms with Gasteiger partial charge in [-0.1, -0.05) is 26.7 Å². The van der Waals surface area contributed by atoms with E-state index < -0.39 is 0 Å². The van der Waals surface area contributed by atoms with Crippen LogP contribution in [0.25, 0.3) is 0 Å². The zero-order valence-corrected chi connectivity index (χ0v) is 10.5. The smallest absolute Gasteiger partial charge is 0.169 e. The summed E-state index contributed by atoms with van der Waals surface area (Å²) in [6, 6.07) is 0. The summed E-state index contributed by atoms with van der Waals surface area (Å²) in [6.45, 7) is 8.85. The average Bonchev–Trinajstić information content (AvgIpc) is 2.56. The van der Waals surface area contributed by atoms with Crippen LogP contribution in [0.1, 0.15) is 53.4 Å². The Balaban J connectivity index is 2.01. The zero-order valence-electron chi connectivity index (χ0n) is 10.5. The van der Waals surface area contributed by atoms with Crippen molar-refractivity contribution in [3.63, 3.8) is 0 Å². The lowest BCUT2D eigenvalue weighted by molar-refractivity contribution is -0.170. The number of ether oxygens (including phenoxy) is 2. The predicted molar refractivity (Wildman–Crippen MR) is 60.6 cm³/mol. The minimum absolute atomic E-state index is 0.224. The lowest BCUT2D eigenvalue weighted by Gasteiger charge is -2.22. The van der Waals surface area contributed by atoms with E-state index in [1.165, 1.54) is 12.8 Å². The second kappa shape index (κ2) is 4.06. The molecule has 0 N–H and O–H groups in total. The Labute approximate surface area is 93.3 Å². The molecular weight excluding hydrogens is 188 g/mol. The SMILES string of the molecule is CCCC1CC2(CC1C)OC(C)C(C)O2. The van der Waals surface area contributed by atoms with Gasteiger partial charge in [0.1, 0.15) is 0 Å². The van der Waals surface area contributed by atoms with Crippen molar-refractivity contribution in [1.82, 2.24) is 0 Å². The fourth-order valence-electron chi connectivity index (χ4n) is 3.19. The molecule has 1 aliphatic heterocycles. The van der Waals surface area contributed by atoms with Gasteiger partial charge in [0.05, 0.1) is 12.2 Å². The highest BCUT2D eigenvalue weighted by molar-refractivity contribution is 4.93. The molecule has 0 amide bonds. The Bertz CT molecular complexity index is 217. The average molecular weight is 212 g/mol. The second-order valence-electron chi connectivity index (χ2n) is 5.49. The molecule has 0 aromatic rings. The van der Waals surface area contributed by atoms with E-state index in [0.29, 0.717) is 0 Å². The first-order valence-corrected chi connectivity index (χ1v) is 6.42. The third kappa shape index (κ3) is 2.07. The van der Waals surface area contributed by atoms with Crippen molar-refractivity contribution >= 4 is 0 Å². The van der Waals surface area contributed by atoms with E-state index in [1.54, 1.807) is 0 Å². The minimum Gasteiger partial charge on any atom is -0.344 e. The van der Waals surface area contributed by atoms with Crippen molar-refractivity contribution in [2.45, 2.75) is 71.4 Å². The van der Waals surface area contributed by atoms with Crippen molar-refractivity contribution in [2.75, 3.05) is 0 Å². The van der Waals surface area contributed by atoms with Gasteiger partial charge < -0.3 is 9.47 Å². The second-order valence-corrected chi connectivity index (χ2v) is 5.49. The lowest BCUT2D eigenvalue weighted by atomic mass is 9.94. The molecule has 4 atom stereocenters. The molecule has 0 radical (unpaired) electrons. The van der Waals surface area contributed by atoms with E-state index in [2.05, 4.69) is 27.7 Å². The Morgan fingerprint density at radius 3 is 2.20 bits per heavy atom. The van der Waals surface area contributed by atoms with Crippen LogP contribution >= 0.6 is 0 Å². The molecule has 1 saturated heterocycles. The molecule has 1 saturated carbocycles. The summed E-state index contributed by atoms with van der Waals surface area (Å²) in [5.41, 5.74) is 0. The Morgan fingerprint density at radius 2 is 1.67 bits per heavy atom. The van der Waals surface area contributed by atoms with Gasteiger partial charge in [-0.2, -0.15) is 0 Å². The molecule has 2 fully saturated rings. The molecule has 1 aliphatic carbocycles. The van der Waals surface area contributed by atoms with E-state index >= 15 is 0 Å². The van der Waals surface area contributed by atoms with Crippen LogP contribution in [0.2, 0.25) is 0 Å². The van der Waals surface area contributed by atoms with Crippen molar-refractivity contribution < 1.29 is 9.47 Å². The topological polar surface area (TPSA) is 18.5 Å². The molecule has 1 spiro atoms. The molecule has 1 heterocycles. The Morgan fingerprint density at radius 1 is 1.07 bits per heavy atom. The number of hydrogen-bond donors (Lipinski definition) is 0. The van der Waals surface area contributed by atoms with Gasteiger partial charge in [0.2, 0.25) is 0 Å². The van der Waals surface area contributed by atoms with Crippen LogP contribution in [-0.4, -0.2) is 18.0 Å². The molecule has 0 aromatic carbocycles. The molecule has 2 nitrogen and oxygen atoms in total. The molecule has 0 aromatic heterocycles. The normalized spacial score (nSPS) is 50.4. The highest BCUT2D eigenvalue weighted by Crippen LogP contribution is 2.48. The van der Waals surface area contributed by atoms with Gasteiger partial charge in [0, 0.05) is 12.8 Å². The van der Waals surface area contributed by atoms with Gasteiger partial charge in [-0.3, -0.25) is 0 Å². The van der Waals surface area contributed by atoms with Crippen LogP contribution in [0.5, 0.6) is 0 Å². The van der Waals surface area contributed by atoms with Crippen molar-refractivity contribution in [3.05, 3.63) is 0 Å². The van der Waals surface area contributed by atoms with Crippen LogP contribution in [0.4, 0.5) is 0 Å². The molecule has 15 heavy (non-hydrogen) atoms. The summed E-state index contributed by atoms with van der Waals surface area (Å²) < 4.78 is 12.1. The Hall–Kier alpha value is -0.0800. The molecular formula is C13H24O2. The summed E-state index contributed by atoms with van der Waals surface area (Å²) >= 11 is 0. The van der Waals surface area contributed by atoms with Crippen LogP contribution in [0, 0.1) is 11.8 Å². The molecule has 4 unspecified atom stereocenters. The van der Waals surface area contributed by atoms with Gasteiger partial charge in [0.25, 0.3) is 0 Å². The molecule has 2 heteroatoms. The van der Waals surface area contributed by atoms with E-state index in [0.717, 1.165) is 24.7 Å². The molecule has 0 bridgehead atoms. The van der Waals surface area contributed by atoms with Gasteiger partial charge in [-0.25, -0.2) is 0 Å². The molecule has 88 valence electrons. The zero-order chi connectivity index (χ0) is 11.1. The Kier molecular flexibility index (Phi) is 3.09. The van der Waals surface area contributed by atoms with Crippen molar-refractivity contribution in [2.24, 2.45) is 11.8 Å². The van der Waals surface area contributed by atoms with Crippen LogP contribution in [0.3, 0.4) is 0 Å². The standard InChI is InChI=1S/C13H24O2/c1-5-6-12-8-13(7-9(12)2)14-10(3)11(4)15-13/h9-12H,5-8H2,1-4H3. The fraction of sp³-hybridized carbons (Fsp3) is 1.00. The summed E-state index contributed by atoms with van der Waals surface area (Å²) in [7, 11) is 0. The molecule has 2 aliphatic rings. The number of rotatable bonds is 2. The van der Waals surface area contributed by atoms with Gasteiger partial charge >= 0.3 is 0 Å². The first-order chi connectivity index (χ1) is 7.06. The highest BCUT2D eigenvalue weighted by Gasteiger charge is 2.51. The quantitative estimate of drug-likeness (QED) is 0.699. The van der Waals surface area contributed by atoms with E-state index in [9.17, 15) is 0 Å². The summed E-state index contributed by atoms with van der Waals surface area (Å²) in [4.78, 5) is 0. The summed E-state index contributed by atoms with van der Waals surface area (Å²) in [6.07, 6.45) is 5.31. The van der Waals surface area contributed by atoms with E-state index in [-0.39, 0.29) is 18.0 Å². The van der Waals surface area contributed by atoms with E-state index in [4.69, 9.17) is 9.47 Å². The first kappa shape index (κ1) is 11.4. The predicted octanol–water partition coefficient (Wildman–Crippen LogP) is 3.35. The van der Waals surface area contributed by atoms with Crippen molar-refractivity contribution in [1.29, 1.82) is 0 Å². The maximum atomic E-state index is 6.05. The minimum atomic E-state index is -0.224. The third-order valence-electron chi connectivity index (χ3n) is 4.13. The largest absolute Gasteiger partial charge is 0.344 e. The molecule has 2 rings (SSSR count). The van der Waals surface area contributed by atoms with Crippen LogP contribution in [-0.2, 0) is 9.47 Å².